The molecular formula is C38H43N3O6. The van der Waals surface area contributed by atoms with E-state index in [2.05, 4.69) is 22.9 Å². The molecule has 0 saturated carbocycles. The number of carbonyl (C=O) groups excluding carboxylic acids is 2. The smallest absolute Gasteiger partial charge is 0.326 e. The van der Waals surface area contributed by atoms with Gasteiger partial charge in [-0.3, -0.25) is 9.59 Å². The second-order valence-electron chi connectivity index (χ2n) is 11.3. The fourth-order valence-electron chi connectivity index (χ4n) is 4.84. The van der Waals surface area contributed by atoms with E-state index in [0.717, 1.165) is 34.7 Å². The summed E-state index contributed by atoms with van der Waals surface area (Å²) in [6, 6.07) is 29.9. The van der Waals surface area contributed by atoms with Crippen molar-refractivity contribution >= 4 is 34.8 Å². The van der Waals surface area contributed by atoms with Crippen LogP contribution in [0.1, 0.15) is 60.5 Å². The number of rotatable bonds is 19. The van der Waals surface area contributed by atoms with E-state index in [4.69, 9.17) is 9.47 Å². The van der Waals surface area contributed by atoms with Crippen molar-refractivity contribution in [2.45, 2.75) is 58.1 Å². The predicted molar refractivity (Wildman–Crippen MR) is 184 cm³/mol. The molecule has 0 aliphatic heterocycles. The highest BCUT2D eigenvalue weighted by Gasteiger charge is 2.21. The number of ether oxygens (including phenoxy) is 2. The molecule has 1 unspecified atom stereocenters. The van der Waals surface area contributed by atoms with Gasteiger partial charge < -0.3 is 30.5 Å². The first kappa shape index (κ1) is 34.7. The summed E-state index contributed by atoms with van der Waals surface area (Å²) in [4.78, 5) is 37.1. The first-order valence-corrected chi connectivity index (χ1v) is 16.0. The summed E-state index contributed by atoms with van der Waals surface area (Å²) in [5, 5.41) is 18.5. The number of anilines is 3. The summed E-state index contributed by atoms with van der Waals surface area (Å²) in [5.74, 6) is -1.14. The highest BCUT2D eigenvalue weighted by Crippen LogP contribution is 2.21. The fraction of sp³-hybridized carbons (Fsp3) is 0.289. The maximum absolute atomic E-state index is 12.9. The van der Waals surface area contributed by atoms with Crippen LogP contribution in [0.4, 0.5) is 17.1 Å². The molecule has 0 aliphatic rings. The Balaban J connectivity index is 1.21. The monoisotopic (exact) mass is 637 g/mol. The van der Waals surface area contributed by atoms with Crippen molar-refractivity contribution in [3.63, 3.8) is 0 Å². The first-order chi connectivity index (χ1) is 22.9. The quantitative estimate of drug-likeness (QED) is 0.0792. The van der Waals surface area contributed by atoms with Crippen molar-refractivity contribution < 1.29 is 29.0 Å². The Bertz CT molecular complexity index is 1540. The summed E-state index contributed by atoms with van der Waals surface area (Å²) in [6.45, 7) is 3.13. The number of amides is 2. The molecule has 0 fully saturated rings. The van der Waals surface area contributed by atoms with Crippen molar-refractivity contribution in [1.29, 1.82) is 0 Å². The van der Waals surface area contributed by atoms with E-state index in [1.165, 1.54) is 37.8 Å². The molecule has 4 N–H and O–H groups in total. The largest absolute Gasteiger partial charge is 0.494 e. The molecule has 0 saturated heterocycles. The van der Waals surface area contributed by atoms with Crippen molar-refractivity contribution in [3.8, 4) is 5.75 Å². The standard InChI is InChI=1S/C38H43N3O6/c1-2-3-4-5-9-24-47-34-22-20-32(21-23-34)39-31-16-12-28(13-17-31)25-35(38(44)45)41-37(43)30-14-18-33(19-15-30)40-36(42)27-46-26-29-10-7-6-8-11-29/h6-8,10-23,35,39H,2-5,9,24-27H2,1H3,(H,40,42)(H,41,43)(H,44,45). The summed E-state index contributed by atoms with van der Waals surface area (Å²) in [7, 11) is 0. The normalized spacial score (nSPS) is 11.3. The second kappa shape index (κ2) is 18.7. The van der Waals surface area contributed by atoms with Crippen LogP contribution in [0.5, 0.6) is 5.75 Å². The molecular weight excluding hydrogens is 594 g/mol. The van der Waals surface area contributed by atoms with E-state index in [1.807, 2.05) is 78.9 Å². The zero-order valence-corrected chi connectivity index (χ0v) is 26.7. The molecule has 1 atom stereocenters. The van der Waals surface area contributed by atoms with Crippen molar-refractivity contribution in [2.24, 2.45) is 0 Å². The SMILES string of the molecule is CCCCCCCOc1ccc(Nc2ccc(CC(NC(=O)c3ccc(NC(=O)COCc4ccccc4)cc3)C(=O)O)cc2)cc1. The molecule has 4 aromatic rings. The van der Waals surface area contributed by atoms with Crippen LogP contribution in [0.25, 0.3) is 0 Å². The number of unbranched alkanes of at least 4 members (excludes halogenated alkanes) is 4. The van der Waals surface area contributed by atoms with Gasteiger partial charge in [-0.1, -0.05) is 75.1 Å². The number of hydrogen-bond donors (Lipinski definition) is 4. The van der Waals surface area contributed by atoms with Crippen LogP contribution in [0.15, 0.2) is 103 Å². The maximum atomic E-state index is 12.9. The van der Waals surface area contributed by atoms with Crippen molar-refractivity contribution in [2.75, 3.05) is 23.8 Å². The van der Waals surface area contributed by atoms with Crippen LogP contribution >= 0.6 is 0 Å². The van der Waals surface area contributed by atoms with Gasteiger partial charge in [0.25, 0.3) is 5.91 Å². The second-order valence-corrected chi connectivity index (χ2v) is 11.3. The van der Waals surface area contributed by atoms with E-state index in [9.17, 15) is 19.5 Å². The Labute approximate surface area is 276 Å². The molecule has 0 spiro atoms. The summed E-state index contributed by atoms with van der Waals surface area (Å²) < 4.78 is 11.3. The number of aliphatic carboxylic acids is 1. The highest BCUT2D eigenvalue weighted by atomic mass is 16.5. The van der Waals surface area contributed by atoms with E-state index in [0.29, 0.717) is 18.9 Å². The Morgan fingerprint density at radius 3 is 2.02 bits per heavy atom. The average molecular weight is 638 g/mol. The van der Waals surface area contributed by atoms with Crippen LogP contribution in [0, 0.1) is 0 Å². The Morgan fingerprint density at radius 2 is 1.36 bits per heavy atom. The van der Waals surface area contributed by atoms with E-state index in [1.54, 1.807) is 12.1 Å². The molecule has 9 heteroatoms. The summed E-state index contributed by atoms with van der Waals surface area (Å²) >= 11 is 0. The van der Waals surface area contributed by atoms with Gasteiger partial charge in [0, 0.05) is 29.0 Å². The lowest BCUT2D eigenvalue weighted by Gasteiger charge is -2.15. The minimum absolute atomic E-state index is 0.114. The van der Waals surface area contributed by atoms with Crippen LogP contribution in [0.2, 0.25) is 0 Å². The number of carboxylic acid groups (broad SMARTS) is 1. The fourth-order valence-corrected chi connectivity index (χ4v) is 4.84. The van der Waals surface area contributed by atoms with Gasteiger partial charge in [-0.05, 0) is 78.2 Å². The third-order valence-corrected chi connectivity index (χ3v) is 7.43. The molecule has 0 heterocycles. The summed E-state index contributed by atoms with van der Waals surface area (Å²) in [5.41, 5.74) is 4.26. The van der Waals surface area contributed by atoms with Gasteiger partial charge in [0.15, 0.2) is 0 Å². The lowest BCUT2D eigenvalue weighted by Crippen LogP contribution is -2.42. The van der Waals surface area contributed by atoms with Crippen LogP contribution in [-0.4, -0.2) is 42.1 Å². The number of nitrogens with one attached hydrogen (secondary N) is 3. The molecule has 0 bridgehead atoms. The van der Waals surface area contributed by atoms with Crippen molar-refractivity contribution in [1.82, 2.24) is 5.32 Å². The molecule has 246 valence electrons. The Morgan fingerprint density at radius 1 is 0.723 bits per heavy atom. The lowest BCUT2D eigenvalue weighted by atomic mass is 10.0. The first-order valence-electron chi connectivity index (χ1n) is 16.0. The van der Waals surface area contributed by atoms with Gasteiger partial charge in [-0.2, -0.15) is 0 Å². The molecule has 4 rings (SSSR count). The minimum atomic E-state index is -1.14. The van der Waals surface area contributed by atoms with E-state index >= 15 is 0 Å². The molecule has 47 heavy (non-hydrogen) atoms. The van der Waals surface area contributed by atoms with Gasteiger partial charge in [0.05, 0.1) is 13.2 Å². The van der Waals surface area contributed by atoms with Gasteiger partial charge in [-0.15, -0.1) is 0 Å². The third-order valence-electron chi connectivity index (χ3n) is 7.43. The van der Waals surface area contributed by atoms with E-state index < -0.39 is 17.9 Å². The number of hydrogen-bond acceptors (Lipinski definition) is 6. The number of carbonyl (C=O) groups is 3. The van der Waals surface area contributed by atoms with Gasteiger partial charge in [0.2, 0.25) is 5.91 Å². The zero-order valence-electron chi connectivity index (χ0n) is 26.7. The molecule has 0 aromatic heterocycles. The average Bonchev–Trinajstić information content (AvgIpc) is 3.08. The van der Waals surface area contributed by atoms with Gasteiger partial charge >= 0.3 is 5.97 Å². The van der Waals surface area contributed by atoms with E-state index in [-0.39, 0.29) is 24.5 Å². The van der Waals surface area contributed by atoms with Crippen molar-refractivity contribution in [3.05, 3.63) is 120 Å². The predicted octanol–water partition coefficient (Wildman–Crippen LogP) is 7.36. The summed E-state index contributed by atoms with van der Waals surface area (Å²) in [6.07, 6.45) is 6.10. The topological polar surface area (TPSA) is 126 Å². The Kier molecular flexibility index (Phi) is 13.8. The van der Waals surface area contributed by atoms with Crippen LogP contribution in [-0.2, 0) is 27.4 Å². The molecule has 0 aliphatic carbocycles. The number of carboxylic acids is 1. The highest BCUT2D eigenvalue weighted by molar-refractivity contribution is 5.97. The van der Waals surface area contributed by atoms with Gasteiger partial charge in [0.1, 0.15) is 18.4 Å². The van der Waals surface area contributed by atoms with Crippen LogP contribution < -0.4 is 20.7 Å². The molecule has 4 aromatic carbocycles. The van der Waals surface area contributed by atoms with Crippen LogP contribution in [0.3, 0.4) is 0 Å². The minimum Gasteiger partial charge on any atom is -0.494 e. The molecule has 2 amide bonds. The van der Waals surface area contributed by atoms with Gasteiger partial charge in [-0.25, -0.2) is 4.79 Å². The number of benzene rings is 4. The molecule has 0 radical (unpaired) electrons. The third kappa shape index (κ3) is 12.3. The maximum Gasteiger partial charge on any atom is 0.326 e. The zero-order chi connectivity index (χ0) is 33.3. The molecule has 9 nitrogen and oxygen atoms in total. The lowest BCUT2D eigenvalue weighted by molar-refractivity contribution is -0.139. The Hall–Kier alpha value is -5.15.